The van der Waals surface area contributed by atoms with E-state index in [2.05, 4.69) is 29.0 Å². The van der Waals surface area contributed by atoms with Crippen LogP contribution in [0.2, 0.25) is 0 Å². The summed E-state index contributed by atoms with van der Waals surface area (Å²) in [5.41, 5.74) is -0.186. The highest BCUT2D eigenvalue weighted by molar-refractivity contribution is 5.68. The lowest BCUT2D eigenvalue weighted by Crippen LogP contribution is -2.62. The summed E-state index contributed by atoms with van der Waals surface area (Å²) < 4.78 is 10.8. The minimum Gasteiger partial charge on any atom is -0.447 e. The van der Waals surface area contributed by atoms with Crippen molar-refractivity contribution in [3.05, 3.63) is 0 Å². The van der Waals surface area contributed by atoms with Gasteiger partial charge in [-0.2, -0.15) is 0 Å². The largest absolute Gasteiger partial charge is 0.447 e. The molecule has 2 rings (SSSR count). The maximum absolute atomic E-state index is 12.2. The predicted octanol–water partition coefficient (Wildman–Crippen LogP) is 1.70. The Kier molecular flexibility index (Phi) is 6.68. The van der Waals surface area contributed by atoms with Crippen molar-refractivity contribution in [3.8, 4) is 0 Å². The van der Waals surface area contributed by atoms with Crippen molar-refractivity contribution in [1.82, 2.24) is 15.1 Å². The molecule has 2 saturated heterocycles. The van der Waals surface area contributed by atoms with E-state index in [1.165, 1.54) is 0 Å². The molecule has 134 valence electrons. The fraction of sp³-hybridized carbons (Fsp3) is 0.941. The van der Waals surface area contributed by atoms with E-state index in [1.54, 1.807) is 0 Å². The van der Waals surface area contributed by atoms with Crippen molar-refractivity contribution < 1.29 is 14.3 Å². The van der Waals surface area contributed by atoms with Crippen LogP contribution >= 0.6 is 0 Å². The molecule has 2 fully saturated rings. The minimum absolute atomic E-state index is 0.0915. The molecule has 6 nitrogen and oxygen atoms in total. The molecule has 2 aliphatic rings. The highest BCUT2D eigenvalue weighted by Gasteiger charge is 2.38. The molecule has 0 aromatic carbocycles. The van der Waals surface area contributed by atoms with Gasteiger partial charge in [0.1, 0.15) is 0 Å². The number of nitrogens with zero attached hydrogens (tertiary/aromatic N) is 2. The Morgan fingerprint density at radius 2 is 1.74 bits per heavy atom. The first-order valence-corrected chi connectivity index (χ1v) is 8.93. The standard InChI is InChI=1S/C17H33N3O3/c1-14(2)20-7-5-17(6-8-20,18-16(21)23-15(3)4)13-19-9-11-22-12-10-19/h14-15H,5-13H2,1-4H3,(H,18,21). The number of alkyl carbamates (subject to hydrolysis) is 1. The van der Waals surface area contributed by atoms with Crippen LogP contribution < -0.4 is 5.32 Å². The Morgan fingerprint density at radius 3 is 2.26 bits per heavy atom. The lowest BCUT2D eigenvalue weighted by atomic mass is 9.86. The molecule has 0 atom stereocenters. The lowest BCUT2D eigenvalue weighted by molar-refractivity contribution is 0.00810. The van der Waals surface area contributed by atoms with Crippen molar-refractivity contribution in [1.29, 1.82) is 0 Å². The van der Waals surface area contributed by atoms with E-state index in [9.17, 15) is 4.79 Å². The second-order valence-corrected chi connectivity index (χ2v) is 7.38. The van der Waals surface area contributed by atoms with Crippen LogP contribution in [0, 0.1) is 0 Å². The van der Waals surface area contributed by atoms with Gasteiger partial charge in [-0.15, -0.1) is 0 Å². The lowest BCUT2D eigenvalue weighted by Gasteiger charge is -2.46. The summed E-state index contributed by atoms with van der Waals surface area (Å²) in [6, 6.07) is 0.555. The molecule has 6 heteroatoms. The summed E-state index contributed by atoms with van der Waals surface area (Å²) in [4.78, 5) is 17.1. The topological polar surface area (TPSA) is 54.0 Å². The average molecular weight is 327 g/mol. The van der Waals surface area contributed by atoms with Gasteiger partial charge >= 0.3 is 6.09 Å². The molecule has 2 heterocycles. The van der Waals surface area contributed by atoms with Crippen molar-refractivity contribution >= 4 is 6.09 Å². The number of amides is 1. The average Bonchev–Trinajstić information content (AvgIpc) is 2.47. The predicted molar refractivity (Wildman–Crippen MR) is 90.7 cm³/mol. The first-order valence-electron chi connectivity index (χ1n) is 8.93. The van der Waals surface area contributed by atoms with Crippen LogP contribution in [0.3, 0.4) is 0 Å². The summed E-state index contributed by atoms with van der Waals surface area (Å²) in [5.74, 6) is 0. The Labute approximate surface area is 140 Å². The number of likely N-dealkylation sites (tertiary alicyclic amines) is 1. The van der Waals surface area contributed by atoms with Crippen molar-refractivity contribution in [2.75, 3.05) is 45.9 Å². The molecule has 0 aromatic rings. The van der Waals surface area contributed by atoms with Gasteiger partial charge in [-0.1, -0.05) is 0 Å². The maximum Gasteiger partial charge on any atom is 0.407 e. The molecule has 0 bridgehead atoms. The second kappa shape index (κ2) is 8.31. The number of carbonyl (C=O) groups excluding carboxylic acids is 1. The Bertz CT molecular complexity index is 373. The van der Waals surface area contributed by atoms with Gasteiger partial charge in [-0.3, -0.25) is 4.90 Å². The van der Waals surface area contributed by atoms with Gasteiger partial charge in [-0.25, -0.2) is 4.79 Å². The number of morpholine rings is 1. The number of hydrogen-bond donors (Lipinski definition) is 1. The Hall–Kier alpha value is -0.850. The molecule has 1 N–H and O–H groups in total. The Morgan fingerprint density at radius 1 is 1.13 bits per heavy atom. The molecule has 1 amide bonds. The van der Waals surface area contributed by atoms with Crippen LogP contribution in [0.1, 0.15) is 40.5 Å². The van der Waals surface area contributed by atoms with Gasteiger partial charge in [0.15, 0.2) is 0 Å². The smallest absolute Gasteiger partial charge is 0.407 e. The molecule has 0 unspecified atom stereocenters. The van der Waals surface area contributed by atoms with Gasteiger partial charge in [-0.05, 0) is 40.5 Å². The zero-order valence-electron chi connectivity index (χ0n) is 15.1. The first kappa shape index (κ1) is 18.5. The van der Waals surface area contributed by atoms with E-state index < -0.39 is 0 Å². The highest BCUT2D eigenvalue weighted by atomic mass is 16.6. The zero-order chi connectivity index (χ0) is 16.9. The maximum atomic E-state index is 12.2. The summed E-state index contributed by atoms with van der Waals surface area (Å²) in [6.07, 6.45) is 1.56. The van der Waals surface area contributed by atoms with Crippen LogP contribution in [0.5, 0.6) is 0 Å². The fourth-order valence-corrected chi connectivity index (χ4v) is 3.44. The fourth-order valence-electron chi connectivity index (χ4n) is 3.44. The number of piperidine rings is 1. The summed E-state index contributed by atoms with van der Waals surface area (Å²) in [5, 5.41) is 3.20. The van der Waals surface area contributed by atoms with Gasteiger partial charge in [0.25, 0.3) is 0 Å². The molecule has 0 radical (unpaired) electrons. The molecule has 0 spiro atoms. The molecular formula is C17H33N3O3. The van der Waals surface area contributed by atoms with E-state index in [4.69, 9.17) is 9.47 Å². The first-order chi connectivity index (χ1) is 10.9. The summed E-state index contributed by atoms with van der Waals surface area (Å²) in [7, 11) is 0. The van der Waals surface area contributed by atoms with Crippen LogP contribution in [-0.2, 0) is 9.47 Å². The van der Waals surface area contributed by atoms with E-state index in [0.717, 1.165) is 58.8 Å². The summed E-state index contributed by atoms with van der Waals surface area (Å²) in [6.45, 7) is 14.6. The molecule has 0 aliphatic carbocycles. The second-order valence-electron chi connectivity index (χ2n) is 7.38. The quantitative estimate of drug-likeness (QED) is 0.833. The van der Waals surface area contributed by atoms with Crippen LogP contribution in [0.15, 0.2) is 0 Å². The van der Waals surface area contributed by atoms with Gasteiger partial charge < -0.3 is 19.7 Å². The van der Waals surface area contributed by atoms with Crippen LogP contribution in [0.4, 0.5) is 4.79 Å². The SMILES string of the molecule is CC(C)OC(=O)NC1(CN2CCOCC2)CCN(C(C)C)CC1. The van der Waals surface area contributed by atoms with Gasteiger partial charge in [0.2, 0.25) is 0 Å². The number of carbonyl (C=O) groups is 1. The Balaban J connectivity index is 2.00. The van der Waals surface area contributed by atoms with E-state index in [0.29, 0.717) is 6.04 Å². The number of hydrogen-bond acceptors (Lipinski definition) is 5. The van der Waals surface area contributed by atoms with E-state index >= 15 is 0 Å². The normalized spacial score (nSPS) is 23.2. The highest BCUT2D eigenvalue weighted by Crippen LogP contribution is 2.25. The van der Waals surface area contributed by atoms with E-state index in [1.807, 2.05) is 13.8 Å². The van der Waals surface area contributed by atoms with Crippen LogP contribution in [-0.4, -0.2) is 79.5 Å². The van der Waals surface area contributed by atoms with Gasteiger partial charge in [0.05, 0.1) is 24.9 Å². The third-order valence-electron chi connectivity index (χ3n) is 4.83. The number of ether oxygens (including phenoxy) is 2. The van der Waals surface area contributed by atoms with Crippen LogP contribution in [0.25, 0.3) is 0 Å². The molecule has 0 saturated carbocycles. The van der Waals surface area contributed by atoms with E-state index in [-0.39, 0.29) is 17.7 Å². The number of nitrogens with one attached hydrogen (secondary N) is 1. The minimum atomic E-state index is -0.286. The van der Waals surface area contributed by atoms with Crippen molar-refractivity contribution in [2.24, 2.45) is 0 Å². The monoisotopic (exact) mass is 327 g/mol. The molecule has 0 aromatic heterocycles. The number of rotatable bonds is 5. The molecular weight excluding hydrogens is 294 g/mol. The third kappa shape index (κ3) is 5.62. The third-order valence-corrected chi connectivity index (χ3v) is 4.83. The van der Waals surface area contributed by atoms with Crippen molar-refractivity contribution in [3.63, 3.8) is 0 Å². The summed E-state index contributed by atoms with van der Waals surface area (Å²) >= 11 is 0. The van der Waals surface area contributed by atoms with Gasteiger partial charge in [0, 0.05) is 38.8 Å². The van der Waals surface area contributed by atoms with Crippen molar-refractivity contribution in [2.45, 2.75) is 58.2 Å². The molecule has 23 heavy (non-hydrogen) atoms. The zero-order valence-corrected chi connectivity index (χ0v) is 15.1. The molecule has 2 aliphatic heterocycles.